The van der Waals surface area contributed by atoms with E-state index >= 15 is 0 Å². The first-order chi connectivity index (χ1) is 23.6. The van der Waals surface area contributed by atoms with E-state index < -0.39 is 0 Å². The van der Waals surface area contributed by atoms with Gasteiger partial charge in [-0.3, -0.25) is 0 Å². The Morgan fingerprint density at radius 1 is 0.312 bits per heavy atom. The molecule has 9 rings (SSSR count). The molecule has 0 amide bonds. The van der Waals surface area contributed by atoms with Crippen LogP contribution in [0.4, 0.5) is 0 Å². The fourth-order valence-corrected chi connectivity index (χ4v) is 6.72. The van der Waals surface area contributed by atoms with Crippen molar-refractivity contribution in [1.82, 2.24) is 0 Å². The van der Waals surface area contributed by atoms with E-state index in [1.54, 1.807) is 6.07 Å². The Bertz CT molecular complexity index is 2810. The number of rotatable bonds is 4. The number of furan rings is 2. The molecule has 4 nitrogen and oxygen atoms in total. The molecule has 0 aliphatic heterocycles. The van der Waals surface area contributed by atoms with Crippen LogP contribution in [0.15, 0.2) is 154 Å². The minimum Gasteiger partial charge on any atom is -0.456 e. The van der Waals surface area contributed by atoms with Crippen LogP contribution in [0, 0.1) is 22.7 Å². The SMILES string of the molecule is N#Cc1cc(-c2ccccc2)cc(-c2cc(-c3ccc4oc5ccccc5c4c3)cc(-c3ccc4oc5ccc(C#N)cc5c4c3)c2)c1. The summed E-state index contributed by atoms with van der Waals surface area (Å²) >= 11 is 0. The number of nitrogens with zero attached hydrogens (tertiary/aromatic N) is 2. The smallest absolute Gasteiger partial charge is 0.135 e. The Kier molecular flexibility index (Phi) is 6.22. The Balaban J connectivity index is 1.28. The van der Waals surface area contributed by atoms with E-state index in [4.69, 9.17) is 8.83 Å². The average molecular weight is 613 g/mol. The van der Waals surface area contributed by atoms with Gasteiger partial charge in [0, 0.05) is 21.5 Å². The Labute approximate surface area is 275 Å². The molecule has 0 atom stereocenters. The van der Waals surface area contributed by atoms with E-state index in [1.807, 2.05) is 72.8 Å². The Morgan fingerprint density at radius 2 is 0.771 bits per heavy atom. The molecule has 0 spiro atoms. The standard InChI is InChI=1S/C44H24N2O2/c45-25-27-10-13-42-38(18-27)40-24-31(12-15-44(40)48-42)35-20-34(30-11-14-43-39(23-30)37-8-4-5-9-41(37)47-43)21-36(22-35)33-17-28(26-46)16-32(19-33)29-6-2-1-3-7-29/h1-24H. The molecular formula is C44H24N2O2. The highest BCUT2D eigenvalue weighted by Crippen LogP contribution is 2.39. The van der Waals surface area contributed by atoms with Crippen LogP contribution < -0.4 is 0 Å². The van der Waals surface area contributed by atoms with Crippen molar-refractivity contribution in [3.05, 3.63) is 157 Å². The van der Waals surface area contributed by atoms with Crippen LogP contribution in [0.3, 0.4) is 0 Å². The topological polar surface area (TPSA) is 73.9 Å². The highest BCUT2D eigenvalue weighted by molar-refractivity contribution is 6.08. The van der Waals surface area contributed by atoms with Gasteiger partial charge < -0.3 is 8.83 Å². The summed E-state index contributed by atoms with van der Waals surface area (Å²) in [4.78, 5) is 0. The lowest BCUT2D eigenvalue weighted by atomic mass is 9.90. The van der Waals surface area contributed by atoms with E-state index in [9.17, 15) is 10.5 Å². The van der Waals surface area contributed by atoms with E-state index in [0.29, 0.717) is 11.1 Å². The normalized spacial score (nSPS) is 11.3. The fraction of sp³-hybridized carbons (Fsp3) is 0. The second kappa shape index (κ2) is 10.9. The molecule has 0 N–H and O–H groups in total. The van der Waals surface area contributed by atoms with Gasteiger partial charge in [-0.2, -0.15) is 10.5 Å². The van der Waals surface area contributed by atoms with E-state index in [1.165, 1.54) is 0 Å². The van der Waals surface area contributed by atoms with E-state index in [-0.39, 0.29) is 0 Å². The van der Waals surface area contributed by atoms with Crippen molar-refractivity contribution in [2.45, 2.75) is 0 Å². The molecule has 9 aromatic rings. The zero-order chi connectivity index (χ0) is 32.2. The summed E-state index contributed by atoms with van der Waals surface area (Å²) in [5, 5.41) is 23.6. The van der Waals surface area contributed by atoms with Crippen LogP contribution in [-0.4, -0.2) is 0 Å². The largest absolute Gasteiger partial charge is 0.456 e. The van der Waals surface area contributed by atoms with Crippen LogP contribution in [0.1, 0.15) is 11.1 Å². The molecule has 0 radical (unpaired) electrons. The lowest BCUT2D eigenvalue weighted by molar-refractivity contribution is 0.668. The quantitative estimate of drug-likeness (QED) is 0.198. The van der Waals surface area contributed by atoms with Crippen molar-refractivity contribution < 1.29 is 8.83 Å². The van der Waals surface area contributed by atoms with Crippen molar-refractivity contribution in [1.29, 1.82) is 10.5 Å². The summed E-state index contributed by atoms with van der Waals surface area (Å²) in [6, 6.07) is 53.6. The van der Waals surface area contributed by atoms with Gasteiger partial charge in [0.2, 0.25) is 0 Å². The van der Waals surface area contributed by atoms with Crippen molar-refractivity contribution in [3.63, 3.8) is 0 Å². The van der Waals surface area contributed by atoms with Crippen molar-refractivity contribution in [2.75, 3.05) is 0 Å². The number of fused-ring (bicyclic) bond motifs is 6. The Hall–Kier alpha value is -6.88. The molecular weight excluding hydrogens is 588 g/mol. The van der Waals surface area contributed by atoms with E-state index in [2.05, 4.69) is 78.9 Å². The zero-order valence-electron chi connectivity index (χ0n) is 25.6. The van der Waals surface area contributed by atoms with Crippen LogP contribution >= 0.6 is 0 Å². The average Bonchev–Trinajstić information content (AvgIpc) is 3.71. The molecule has 0 fully saturated rings. The van der Waals surface area contributed by atoms with Crippen molar-refractivity contribution in [3.8, 4) is 56.6 Å². The second-order valence-corrected chi connectivity index (χ2v) is 12.0. The first-order valence-corrected chi connectivity index (χ1v) is 15.7. The molecule has 0 aliphatic carbocycles. The minimum atomic E-state index is 0.591. The Morgan fingerprint density at radius 3 is 1.40 bits per heavy atom. The minimum absolute atomic E-state index is 0.591. The maximum atomic E-state index is 10.0. The molecule has 2 heterocycles. The second-order valence-electron chi connectivity index (χ2n) is 12.0. The first-order valence-electron chi connectivity index (χ1n) is 15.7. The third-order valence-corrected chi connectivity index (χ3v) is 9.08. The van der Waals surface area contributed by atoms with Gasteiger partial charge in [0.05, 0.1) is 23.3 Å². The molecule has 0 aliphatic rings. The predicted octanol–water partition coefficient (Wildman–Crippen LogP) is 11.9. The van der Waals surface area contributed by atoms with Crippen LogP contribution in [0.2, 0.25) is 0 Å². The summed E-state index contributed by atoms with van der Waals surface area (Å²) in [5.74, 6) is 0. The van der Waals surface area contributed by atoms with Crippen molar-refractivity contribution >= 4 is 43.9 Å². The number of para-hydroxylation sites is 1. The summed E-state index contributed by atoms with van der Waals surface area (Å²) < 4.78 is 12.3. The van der Waals surface area contributed by atoms with Gasteiger partial charge in [-0.05, 0) is 129 Å². The molecule has 0 saturated heterocycles. The molecule has 48 heavy (non-hydrogen) atoms. The zero-order valence-corrected chi connectivity index (χ0v) is 25.6. The fourth-order valence-electron chi connectivity index (χ4n) is 6.72. The maximum absolute atomic E-state index is 10.0. The number of benzene rings is 7. The first kappa shape index (κ1) is 27.4. The molecule has 222 valence electrons. The molecule has 0 saturated carbocycles. The lowest BCUT2D eigenvalue weighted by Gasteiger charge is -2.13. The lowest BCUT2D eigenvalue weighted by Crippen LogP contribution is -1.89. The number of hydrogen-bond acceptors (Lipinski definition) is 4. The van der Waals surface area contributed by atoms with Crippen molar-refractivity contribution in [2.24, 2.45) is 0 Å². The summed E-state index contributed by atoms with van der Waals surface area (Å²) in [7, 11) is 0. The summed E-state index contributed by atoms with van der Waals surface area (Å²) in [5.41, 5.74) is 12.6. The van der Waals surface area contributed by atoms with Crippen LogP contribution in [-0.2, 0) is 0 Å². The van der Waals surface area contributed by atoms with Gasteiger partial charge in [-0.15, -0.1) is 0 Å². The van der Waals surface area contributed by atoms with Gasteiger partial charge in [0.25, 0.3) is 0 Å². The highest BCUT2D eigenvalue weighted by Gasteiger charge is 2.15. The van der Waals surface area contributed by atoms with Gasteiger partial charge in [0.15, 0.2) is 0 Å². The van der Waals surface area contributed by atoms with Gasteiger partial charge in [-0.1, -0.05) is 60.7 Å². The molecule has 2 aromatic heterocycles. The number of hydrogen-bond donors (Lipinski definition) is 0. The summed E-state index contributed by atoms with van der Waals surface area (Å²) in [6.07, 6.45) is 0. The molecule has 7 aromatic carbocycles. The van der Waals surface area contributed by atoms with E-state index in [0.717, 1.165) is 88.4 Å². The molecule has 0 unspecified atom stereocenters. The van der Waals surface area contributed by atoms with Gasteiger partial charge in [-0.25, -0.2) is 0 Å². The predicted molar refractivity (Wildman–Crippen MR) is 192 cm³/mol. The third kappa shape index (κ3) is 4.60. The van der Waals surface area contributed by atoms with Crippen LogP contribution in [0.25, 0.3) is 88.4 Å². The number of nitriles is 2. The third-order valence-electron chi connectivity index (χ3n) is 9.08. The van der Waals surface area contributed by atoms with Gasteiger partial charge in [0.1, 0.15) is 22.3 Å². The monoisotopic (exact) mass is 612 g/mol. The molecule has 4 heteroatoms. The highest BCUT2D eigenvalue weighted by atomic mass is 16.3. The summed E-state index contributed by atoms with van der Waals surface area (Å²) in [6.45, 7) is 0. The van der Waals surface area contributed by atoms with Gasteiger partial charge >= 0.3 is 0 Å². The maximum Gasteiger partial charge on any atom is 0.135 e. The molecule has 0 bridgehead atoms. The van der Waals surface area contributed by atoms with Crippen LogP contribution in [0.5, 0.6) is 0 Å².